The van der Waals surface area contributed by atoms with Crippen molar-refractivity contribution in [2.24, 2.45) is 5.10 Å². The van der Waals surface area contributed by atoms with Gasteiger partial charge in [0, 0.05) is 11.1 Å². The minimum Gasteiger partial charge on any atom is -0.277 e. The molecular formula is C16H12N6S2. The third-order valence-electron chi connectivity index (χ3n) is 3.44. The quantitative estimate of drug-likeness (QED) is 0.431. The first-order chi connectivity index (χ1) is 11.8. The lowest BCUT2D eigenvalue weighted by molar-refractivity contribution is 0.873. The Hall–Kier alpha value is -2.84. The van der Waals surface area contributed by atoms with E-state index < -0.39 is 0 Å². The Balaban J connectivity index is 1.72. The molecule has 1 aromatic carbocycles. The van der Waals surface area contributed by atoms with Crippen LogP contribution in [0.1, 0.15) is 5.56 Å². The summed E-state index contributed by atoms with van der Waals surface area (Å²) >= 11 is 6.87. The zero-order valence-electron chi connectivity index (χ0n) is 12.4. The molecule has 4 aromatic rings. The molecule has 0 saturated carbocycles. The number of nitrogens with one attached hydrogen (secondary N) is 2. The summed E-state index contributed by atoms with van der Waals surface area (Å²) in [6.07, 6.45) is 3.47. The summed E-state index contributed by atoms with van der Waals surface area (Å²) < 4.78 is 2.06. The van der Waals surface area contributed by atoms with Gasteiger partial charge in [-0.05, 0) is 23.7 Å². The van der Waals surface area contributed by atoms with Crippen molar-refractivity contribution in [3.63, 3.8) is 0 Å². The van der Waals surface area contributed by atoms with Crippen LogP contribution in [0.15, 0.2) is 59.1 Å². The van der Waals surface area contributed by atoms with Crippen LogP contribution in [0.2, 0.25) is 0 Å². The average molecular weight is 352 g/mol. The molecule has 2 N–H and O–H groups in total. The van der Waals surface area contributed by atoms with Crippen LogP contribution in [0, 0.1) is 4.77 Å². The maximum Gasteiger partial charge on any atom is 0.216 e. The molecule has 6 nitrogen and oxygen atoms in total. The normalized spacial score (nSPS) is 11.3. The molecule has 0 fully saturated rings. The van der Waals surface area contributed by atoms with E-state index in [4.69, 9.17) is 12.2 Å². The maximum atomic E-state index is 5.28. The molecule has 0 atom stereocenters. The molecule has 0 amide bonds. The van der Waals surface area contributed by atoms with Gasteiger partial charge >= 0.3 is 0 Å². The topological polar surface area (TPSA) is 74.7 Å². The van der Waals surface area contributed by atoms with E-state index in [0.29, 0.717) is 10.6 Å². The SMILES string of the molecule is S=c1[nH]nc(-c2cccs2)n1N=Cc1cn[nH]c1-c1ccccc1. The molecule has 24 heavy (non-hydrogen) atoms. The van der Waals surface area contributed by atoms with Gasteiger partial charge in [-0.25, -0.2) is 5.10 Å². The van der Waals surface area contributed by atoms with E-state index in [1.54, 1.807) is 28.4 Å². The zero-order valence-corrected chi connectivity index (χ0v) is 14.0. The highest BCUT2D eigenvalue weighted by molar-refractivity contribution is 7.71. The van der Waals surface area contributed by atoms with Gasteiger partial charge in [0.2, 0.25) is 4.77 Å². The van der Waals surface area contributed by atoms with E-state index in [1.807, 2.05) is 47.8 Å². The Morgan fingerprint density at radius 2 is 2.00 bits per heavy atom. The summed E-state index contributed by atoms with van der Waals surface area (Å²) in [7, 11) is 0. The van der Waals surface area contributed by atoms with E-state index in [-0.39, 0.29) is 0 Å². The van der Waals surface area contributed by atoms with Crippen molar-refractivity contribution < 1.29 is 0 Å². The molecule has 4 rings (SSSR count). The first-order valence-corrected chi connectivity index (χ1v) is 8.46. The van der Waals surface area contributed by atoms with Crippen molar-refractivity contribution in [3.05, 3.63) is 64.4 Å². The molecule has 8 heteroatoms. The molecule has 3 heterocycles. The van der Waals surface area contributed by atoms with Crippen LogP contribution < -0.4 is 0 Å². The Labute approximate surface area is 146 Å². The summed E-state index contributed by atoms with van der Waals surface area (Å²) in [6.45, 7) is 0. The molecule has 3 aromatic heterocycles. The van der Waals surface area contributed by atoms with E-state index in [9.17, 15) is 0 Å². The minimum atomic E-state index is 0.444. The number of hydrogen-bond donors (Lipinski definition) is 2. The van der Waals surface area contributed by atoms with Crippen molar-refractivity contribution >= 4 is 29.8 Å². The second-order valence-corrected chi connectivity index (χ2v) is 6.29. The van der Waals surface area contributed by atoms with E-state index in [1.165, 1.54) is 0 Å². The number of benzene rings is 1. The first-order valence-electron chi connectivity index (χ1n) is 7.17. The molecule has 0 aliphatic carbocycles. The highest BCUT2D eigenvalue weighted by atomic mass is 32.1. The van der Waals surface area contributed by atoms with Crippen molar-refractivity contribution in [1.82, 2.24) is 25.1 Å². The first kappa shape index (κ1) is 14.7. The summed E-state index contributed by atoms with van der Waals surface area (Å²) in [6, 6.07) is 13.9. The lowest BCUT2D eigenvalue weighted by Gasteiger charge is -2.00. The monoisotopic (exact) mass is 352 g/mol. The van der Waals surface area contributed by atoms with Gasteiger partial charge in [-0.2, -0.15) is 20.0 Å². The molecule has 0 bridgehead atoms. The van der Waals surface area contributed by atoms with Gasteiger partial charge in [0.25, 0.3) is 0 Å². The molecule has 0 aliphatic rings. The van der Waals surface area contributed by atoms with Gasteiger partial charge in [-0.3, -0.25) is 5.10 Å². The lowest BCUT2D eigenvalue weighted by atomic mass is 10.1. The number of H-pyrrole nitrogens is 2. The zero-order chi connectivity index (χ0) is 16.4. The lowest BCUT2D eigenvalue weighted by Crippen LogP contribution is -1.94. The number of rotatable bonds is 4. The van der Waals surface area contributed by atoms with Crippen LogP contribution in [0.3, 0.4) is 0 Å². The molecule has 0 spiro atoms. The van der Waals surface area contributed by atoms with Crippen LogP contribution >= 0.6 is 23.6 Å². The van der Waals surface area contributed by atoms with Crippen LogP contribution in [0.25, 0.3) is 22.0 Å². The second kappa shape index (κ2) is 6.34. The average Bonchev–Trinajstić information content (AvgIpc) is 3.35. The third kappa shape index (κ3) is 2.72. The predicted octanol–water partition coefficient (Wildman–Crippen LogP) is 3.94. The van der Waals surface area contributed by atoms with Gasteiger partial charge < -0.3 is 0 Å². The van der Waals surface area contributed by atoms with Crippen LogP contribution in [0.5, 0.6) is 0 Å². The third-order valence-corrected chi connectivity index (χ3v) is 4.57. The fourth-order valence-electron chi connectivity index (χ4n) is 2.31. The van der Waals surface area contributed by atoms with Crippen molar-refractivity contribution in [1.29, 1.82) is 0 Å². The Bertz CT molecular complexity index is 1020. The van der Waals surface area contributed by atoms with E-state index >= 15 is 0 Å². The fraction of sp³-hybridized carbons (Fsp3) is 0. The smallest absolute Gasteiger partial charge is 0.216 e. The van der Waals surface area contributed by atoms with Gasteiger partial charge in [-0.15, -0.1) is 11.3 Å². The van der Waals surface area contributed by atoms with E-state index in [0.717, 1.165) is 21.7 Å². The van der Waals surface area contributed by atoms with Gasteiger partial charge in [-0.1, -0.05) is 36.4 Å². The highest BCUT2D eigenvalue weighted by Crippen LogP contribution is 2.23. The number of thiophene rings is 1. The predicted molar refractivity (Wildman–Crippen MR) is 97.7 cm³/mol. The molecule has 0 saturated heterocycles. The molecule has 0 aliphatic heterocycles. The molecule has 0 unspecified atom stereocenters. The largest absolute Gasteiger partial charge is 0.277 e. The number of aromatic nitrogens is 5. The summed E-state index contributed by atoms with van der Waals surface area (Å²) in [5, 5.41) is 20.7. The summed E-state index contributed by atoms with van der Waals surface area (Å²) in [5.74, 6) is 0.691. The Morgan fingerprint density at radius 3 is 2.79 bits per heavy atom. The van der Waals surface area contributed by atoms with Crippen molar-refractivity contribution in [3.8, 4) is 22.0 Å². The van der Waals surface area contributed by atoms with Crippen LogP contribution in [0.4, 0.5) is 0 Å². The standard InChI is InChI=1S/C16H12N6S2/c23-16-21-20-15(13-7-4-8-24-13)22(16)18-10-12-9-17-19-14(12)11-5-2-1-3-6-11/h1-10H,(H,17,19)(H,21,23). The van der Waals surface area contributed by atoms with Crippen LogP contribution in [-0.2, 0) is 0 Å². The summed E-state index contributed by atoms with van der Waals surface area (Å²) in [5.41, 5.74) is 2.83. The fourth-order valence-corrected chi connectivity index (χ4v) is 3.19. The van der Waals surface area contributed by atoms with Crippen molar-refractivity contribution in [2.75, 3.05) is 0 Å². The molecule has 118 valence electrons. The molecule has 0 radical (unpaired) electrons. The van der Waals surface area contributed by atoms with Gasteiger partial charge in [0.1, 0.15) is 0 Å². The van der Waals surface area contributed by atoms with Crippen molar-refractivity contribution in [2.45, 2.75) is 0 Å². The van der Waals surface area contributed by atoms with Gasteiger partial charge in [0.15, 0.2) is 5.82 Å². The number of aromatic amines is 2. The minimum absolute atomic E-state index is 0.444. The number of hydrogen-bond acceptors (Lipinski definition) is 5. The maximum absolute atomic E-state index is 5.28. The second-order valence-electron chi connectivity index (χ2n) is 4.95. The number of nitrogens with zero attached hydrogens (tertiary/aromatic N) is 4. The Kier molecular flexibility index (Phi) is 3.89. The summed E-state index contributed by atoms with van der Waals surface area (Å²) in [4.78, 5) is 0.995. The van der Waals surface area contributed by atoms with Gasteiger partial charge in [0.05, 0.1) is 23.0 Å². The highest BCUT2D eigenvalue weighted by Gasteiger charge is 2.10. The molecular weight excluding hydrogens is 340 g/mol. The Morgan fingerprint density at radius 1 is 1.12 bits per heavy atom. The van der Waals surface area contributed by atoms with Crippen LogP contribution in [-0.4, -0.2) is 31.3 Å². The van der Waals surface area contributed by atoms with E-state index in [2.05, 4.69) is 25.5 Å².